The SMILES string of the molecule is OP(O)(Cl)=S(C(Br)CBr)C(Br)CBr. The molecule has 2 N–H and O–H groups in total. The summed E-state index contributed by atoms with van der Waals surface area (Å²) in [5.41, 5.74) is 0. The molecule has 0 bridgehead atoms. The summed E-state index contributed by atoms with van der Waals surface area (Å²) in [4.78, 5) is 18.8. The van der Waals surface area contributed by atoms with Crippen LogP contribution < -0.4 is 0 Å². The van der Waals surface area contributed by atoms with Crippen molar-refractivity contribution in [3.05, 3.63) is 0 Å². The molecule has 0 radical (unpaired) electrons. The Kier molecular flexibility index (Phi) is 8.91. The Hall–Kier alpha value is 2.91. The molecule has 2 atom stereocenters. The first-order valence-electron chi connectivity index (χ1n) is 3.01. The summed E-state index contributed by atoms with van der Waals surface area (Å²) in [5, 5.41) is 1.25. The second-order valence-electron chi connectivity index (χ2n) is 1.95. The number of halogens is 5. The second-order valence-corrected chi connectivity index (χ2v) is 14.3. The molecular formula is C4H8Br4ClO2PS. The molecule has 0 saturated carbocycles. The van der Waals surface area contributed by atoms with Gasteiger partial charge in [-0.2, -0.15) is 0 Å². The average Bonchev–Trinajstić information content (AvgIpc) is 2.01. The van der Waals surface area contributed by atoms with Gasteiger partial charge in [0.15, 0.2) is 0 Å². The summed E-state index contributed by atoms with van der Waals surface area (Å²) in [6, 6.07) is 0. The van der Waals surface area contributed by atoms with E-state index in [-0.39, 0.29) is 8.32 Å². The van der Waals surface area contributed by atoms with Crippen molar-refractivity contribution in [2.24, 2.45) is 0 Å². The van der Waals surface area contributed by atoms with E-state index in [9.17, 15) is 9.79 Å². The molecule has 0 aliphatic carbocycles. The second kappa shape index (κ2) is 7.28. The van der Waals surface area contributed by atoms with Crippen LogP contribution >= 0.6 is 80.8 Å². The first-order valence-corrected chi connectivity index (χ1v) is 11.6. The Labute approximate surface area is 118 Å². The van der Waals surface area contributed by atoms with Gasteiger partial charge in [0.1, 0.15) is 0 Å². The molecular weight excluding hydrogens is 498 g/mol. The third-order valence-corrected chi connectivity index (χ3v) is 16.2. The van der Waals surface area contributed by atoms with Crippen molar-refractivity contribution < 1.29 is 9.79 Å². The summed E-state index contributed by atoms with van der Waals surface area (Å²) in [7, 11) is -0.704. The van der Waals surface area contributed by atoms with Crippen LogP contribution in [0.25, 0.3) is 0 Å². The molecule has 0 amide bonds. The fraction of sp³-hybridized carbons (Fsp3) is 1.00. The number of hydrogen-bond acceptors (Lipinski definition) is 0. The normalized spacial score (nSPS) is 19.6. The zero-order valence-corrected chi connectivity index (χ0v) is 15.0. The van der Waals surface area contributed by atoms with E-state index < -0.39 is 15.9 Å². The molecule has 0 aromatic rings. The van der Waals surface area contributed by atoms with E-state index >= 15 is 0 Å². The van der Waals surface area contributed by atoms with Crippen LogP contribution in [0.15, 0.2) is 0 Å². The van der Waals surface area contributed by atoms with Crippen LogP contribution in [0.4, 0.5) is 0 Å². The van der Waals surface area contributed by atoms with E-state index in [1.165, 1.54) is 0 Å². The van der Waals surface area contributed by atoms with Crippen LogP contribution in [0.3, 0.4) is 0 Å². The van der Waals surface area contributed by atoms with Crippen molar-refractivity contribution in [3.63, 3.8) is 0 Å². The van der Waals surface area contributed by atoms with Gasteiger partial charge in [-0.05, 0) is 11.2 Å². The summed E-state index contributed by atoms with van der Waals surface area (Å²) in [6.07, 6.45) is 0. The Balaban J connectivity index is 5.00. The van der Waals surface area contributed by atoms with Crippen LogP contribution in [0.1, 0.15) is 0 Å². The first-order chi connectivity index (χ1) is 5.84. The highest BCUT2D eigenvalue weighted by atomic mass is 79.9. The minimum Gasteiger partial charge on any atom is -0.338 e. The van der Waals surface area contributed by atoms with Crippen molar-refractivity contribution in [3.8, 4) is 0 Å². The van der Waals surface area contributed by atoms with Gasteiger partial charge in [0.05, 0.1) is 8.32 Å². The highest BCUT2D eigenvalue weighted by Gasteiger charge is 2.25. The van der Waals surface area contributed by atoms with Gasteiger partial charge < -0.3 is 9.79 Å². The lowest BCUT2D eigenvalue weighted by molar-refractivity contribution is 0.500. The zero-order chi connectivity index (χ0) is 10.6. The molecule has 2 unspecified atom stereocenters. The number of rotatable bonds is 4. The van der Waals surface area contributed by atoms with E-state index in [1.54, 1.807) is 0 Å². The van der Waals surface area contributed by atoms with Gasteiger partial charge in [0.25, 0.3) is 0 Å². The first kappa shape index (κ1) is 15.9. The van der Waals surface area contributed by atoms with Gasteiger partial charge in [0, 0.05) is 10.7 Å². The zero-order valence-electron chi connectivity index (χ0n) is 6.21. The van der Waals surface area contributed by atoms with Crippen LogP contribution in [0, 0.1) is 0 Å². The van der Waals surface area contributed by atoms with Gasteiger partial charge in [0.2, 0.25) is 5.84 Å². The molecule has 0 heterocycles. The maximum Gasteiger partial charge on any atom is 0.238 e. The van der Waals surface area contributed by atoms with E-state index in [4.69, 9.17) is 11.2 Å². The summed E-state index contributed by atoms with van der Waals surface area (Å²) < 4.78 is -0.0921. The molecule has 0 aromatic carbocycles. The smallest absolute Gasteiger partial charge is 0.238 e. The predicted molar refractivity (Wildman–Crippen MR) is 77.6 cm³/mol. The van der Waals surface area contributed by atoms with Gasteiger partial charge in [-0.25, -0.2) is 0 Å². The summed E-state index contributed by atoms with van der Waals surface area (Å²) >= 11 is 18.8. The summed E-state index contributed by atoms with van der Waals surface area (Å²) in [6.45, 7) is 0. The molecule has 0 fully saturated rings. The van der Waals surface area contributed by atoms with Crippen molar-refractivity contribution in [2.75, 3.05) is 10.7 Å². The fourth-order valence-electron chi connectivity index (χ4n) is 0.580. The van der Waals surface area contributed by atoms with Crippen molar-refractivity contribution in [1.29, 1.82) is 0 Å². The van der Waals surface area contributed by atoms with Gasteiger partial charge in [-0.15, -0.1) is 0 Å². The van der Waals surface area contributed by atoms with Crippen LogP contribution in [-0.4, -0.2) is 28.8 Å². The Morgan fingerprint density at radius 1 is 1.15 bits per heavy atom. The molecule has 0 saturated heterocycles. The lowest BCUT2D eigenvalue weighted by Gasteiger charge is -2.22. The largest absolute Gasteiger partial charge is 0.338 e. The number of alkyl halides is 4. The maximum absolute atomic E-state index is 9.42. The topological polar surface area (TPSA) is 40.5 Å². The minimum absolute atomic E-state index is 0.0461. The van der Waals surface area contributed by atoms with Gasteiger partial charge in [-0.1, -0.05) is 73.8 Å². The molecule has 13 heavy (non-hydrogen) atoms. The minimum atomic E-state index is -3.32. The summed E-state index contributed by atoms with van der Waals surface area (Å²) in [5.74, 6) is -3.32. The molecule has 0 spiro atoms. The Morgan fingerprint density at radius 2 is 1.46 bits per heavy atom. The van der Waals surface area contributed by atoms with Gasteiger partial charge in [-0.3, -0.25) is 0 Å². The number of hydrogen-bond donors (Lipinski definition) is 2. The molecule has 0 rings (SSSR count). The van der Waals surface area contributed by atoms with E-state index in [0.29, 0.717) is 10.7 Å². The van der Waals surface area contributed by atoms with E-state index in [0.717, 1.165) is 0 Å². The lowest BCUT2D eigenvalue weighted by Crippen LogP contribution is -2.19. The standard InChI is InChI=1S/C4H8Br4ClO2PS/c5-1-3(7)13(4(8)2-6)12(9,10)11/h3-4,10-11H,1-2H2. The quantitative estimate of drug-likeness (QED) is 0.451. The highest BCUT2D eigenvalue weighted by Crippen LogP contribution is 2.52. The van der Waals surface area contributed by atoms with Crippen molar-refractivity contribution >= 4 is 90.9 Å². The average molecular weight is 506 g/mol. The van der Waals surface area contributed by atoms with Crippen molar-refractivity contribution in [1.82, 2.24) is 0 Å². The third-order valence-electron chi connectivity index (χ3n) is 1.03. The molecule has 0 aliphatic rings. The molecule has 2 nitrogen and oxygen atoms in total. The molecule has 82 valence electrons. The fourth-order valence-corrected chi connectivity index (χ4v) is 17.0. The lowest BCUT2D eigenvalue weighted by atomic mass is 10.9. The van der Waals surface area contributed by atoms with E-state index in [1.807, 2.05) is 0 Å². The van der Waals surface area contributed by atoms with Gasteiger partial charge >= 0.3 is 0 Å². The Morgan fingerprint density at radius 3 is 1.62 bits per heavy atom. The predicted octanol–water partition coefficient (Wildman–Crippen LogP) is 3.74. The molecule has 0 aromatic heterocycles. The highest BCUT2D eigenvalue weighted by molar-refractivity contribution is 9.15. The van der Waals surface area contributed by atoms with Crippen molar-refractivity contribution in [2.45, 2.75) is 8.32 Å². The Bertz CT molecular complexity index is 202. The van der Waals surface area contributed by atoms with E-state index in [2.05, 4.69) is 63.7 Å². The maximum atomic E-state index is 9.42. The monoisotopic (exact) mass is 502 g/mol. The molecule has 0 aliphatic heterocycles. The van der Waals surface area contributed by atoms with Crippen LogP contribution in [0.2, 0.25) is 0 Å². The third kappa shape index (κ3) is 5.68. The van der Waals surface area contributed by atoms with Crippen LogP contribution in [-0.2, 0) is 10.1 Å². The molecule has 9 heteroatoms. The van der Waals surface area contributed by atoms with Crippen LogP contribution in [0.5, 0.6) is 0 Å².